The molecule has 0 amide bonds. The van der Waals surface area contributed by atoms with E-state index >= 15 is 0 Å². The SMILES string of the molecule is Cc1cc(C(=O)[C@H](C)Sc2nnc3sc4ccccc4n23)c(C)n1-c1ccc(OC(F)F)cc1. The molecule has 3 heterocycles. The number of halogens is 2. The van der Waals surface area contributed by atoms with Gasteiger partial charge in [0.25, 0.3) is 0 Å². The van der Waals surface area contributed by atoms with Crippen molar-refractivity contribution in [2.45, 2.75) is 37.8 Å². The molecule has 0 aliphatic rings. The molecule has 0 aliphatic heterocycles. The minimum Gasteiger partial charge on any atom is -0.435 e. The van der Waals surface area contributed by atoms with Gasteiger partial charge in [0.2, 0.25) is 4.96 Å². The lowest BCUT2D eigenvalue weighted by Crippen LogP contribution is -2.15. The quantitative estimate of drug-likeness (QED) is 0.194. The molecule has 10 heteroatoms. The van der Waals surface area contributed by atoms with Crippen LogP contribution in [0.1, 0.15) is 28.7 Å². The van der Waals surface area contributed by atoms with E-state index in [9.17, 15) is 13.6 Å². The number of carbonyl (C=O) groups excluding carboxylic acids is 1. The first-order valence-electron chi connectivity index (χ1n) is 10.5. The van der Waals surface area contributed by atoms with Gasteiger partial charge in [0, 0.05) is 22.6 Å². The average Bonchev–Trinajstić information content (AvgIpc) is 3.46. The van der Waals surface area contributed by atoms with Crippen molar-refractivity contribution in [3.05, 3.63) is 71.5 Å². The smallest absolute Gasteiger partial charge is 0.387 e. The van der Waals surface area contributed by atoms with E-state index in [0.717, 1.165) is 32.3 Å². The number of para-hydroxylation sites is 1. The number of aromatic nitrogens is 4. The number of hydrogen-bond donors (Lipinski definition) is 0. The number of alkyl halides is 2. The molecule has 0 fully saturated rings. The Kier molecular flexibility index (Phi) is 5.86. The minimum absolute atomic E-state index is 0.0155. The van der Waals surface area contributed by atoms with E-state index in [1.54, 1.807) is 23.5 Å². The van der Waals surface area contributed by atoms with Gasteiger partial charge in [-0.3, -0.25) is 9.20 Å². The lowest BCUT2D eigenvalue weighted by atomic mass is 10.1. The first-order chi connectivity index (χ1) is 16.3. The summed E-state index contributed by atoms with van der Waals surface area (Å²) in [7, 11) is 0. The Morgan fingerprint density at radius 2 is 1.82 bits per heavy atom. The Balaban J connectivity index is 1.41. The molecule has 3 aromatic heterocycles. The summed E-state index contributed by atoms with van der Waals surface area (Å²) in [6, 6.07) is 16.2. The fraction of sp³-hybridized carbons (Fsp3) is 0.208. The third-order valence-electron chi connectivity index (χ3n) is 5.58. The highest BCUT2D eigenvalue weighted by Gasteiger charge is 2.25. The molecule has 0 aliphatic carbocycles. The van der Waals surface area contributed by atoms with Gasteiger partial charge >= 0.3 is 6.61 Å². The third kappa shape index (κ3) is 3.97. The first-order valence-corrected chi connectivity index (χ1v) is 12.2. The number of thiazole rings is 1. The Labute approximate surface area is 202 Å². The molecule has 5 rings (SSSR count). The van der Waals surface area contributed by atoms with Crippen LogP contribution in [0.15, 0.2) is 59.8 Å². The number of benzene rings is 2. The predicted molar refractivity (Wildman–Crippen MR) is 130 cm³/mol. The van der Waals surface area contributed by atoms with Gasteiger partial charge in [-0.1, -0.05) is 35.2 Å². The van der Waals surface area contributed by atoms with E-state index in [4.69, 9.17) is 0 Å². The number of thioether (sulfide) groups is 1. The van der Waals surface area contributed by atoms with E-state index in [0.29, 0.717) is 10.7 Å². The number of nitrogens with zero attached hydrogens (tertiary/aromatic N) is 4. The maximum atomic E-state index is 13.4. The van der Waals surface area contributed by atoms with Gasteiger partial charge in [0.05, 0.1) is 15.5 Å². The summed E-state index contributed by atoms with van der Waals surface area (Å²) in [4.78, 5) is 14.2. The average molecular weight is 499 g/mol. The largest absolute Gasteiger partial charge is 0.435 e. The van der Waals surface area contributed by atoms with Crippen molar-refractivity contribution in [1.29, 1.82) is 0 Å². The molecule has 0 unspecified atom stereocenters. The third-order valence-corrected chi connectivity index (χ3v) is 7.63. The zero-order valence-corrected chi connectivity index (χ0v) is 20.2. The molecule has 34 heavy (non-hydrogen) atoms. The molecule has 0 bridgehead atoms. The molecule has 0 spiro atoms. The number of hydrogen-bond acceptors (Lipinski definition) is 6. The second kappa shape index (κ2) is 8.84. The number of fused-ring (bicyclic) bond motifs is 3. The number of aryl methyl sites for hydroxylation is 1. The van der Waals surface area contributed by atoms with Gasteiger partial charge in [-0.05, 0) is 63.2 Å². The standard InChI is InChI=1S/C24H20F2N4O2S2/c1-13-12-18(14(2)29(13)16-8-10-17(11-9-16)32-22(25)26)21(31)15(3)33-23-27-28-24-30(23)19-6-4-5-7-20(19)34-24/h4-12,15,22H,1-3H3/t15-/m0/s1. The highest BCUT2D eigenvalue weighted by molar-refractivity contribution is 8.00. The summed E-state index contributed by atoms with van der Waals surface area (Å²) in [5.74, 6) is 0.0707. The molecule has 2 aromatic carbocycles. The monoisotopic (exact) mass is 498 g/mol. The maximum absolute atomic E-state index is 13.4. The zero-order chi connectivity index (χ0) is 24.0. The van der Waals surface area contributed by atoms with Crippen molar-refractivity contribution in [3.63, 3.8) is 0 Å². The van der Waals surface area contributed by atoms with Crippen molar-refractivity contribution in [2.24, 2.45) is 0 Å². The van der Waals surface area contributed by atoms with Gasteiger partial charge in [-0.15, -0.1) is 10.2 Å². The van der Waals surface area contributed by atoms with Crippen molar-refractivity contribution in [1.82, 2.24) is 19.2 Å². The van der Waals surface area contributed by atoms with Crippen LogP contribution in [0.2, 0.25) is 0 Å². The number of ether oxygens (including phenoxy) is 1. The lowest BCUT2D eigenvalue weighted by Gasteiger charge is -2.12. The van der Waals surface area contributed by atoms with E-state index in [1.807, 2.05) is 60.1 Å². The predicted octanol–water partition coefficient (Wildman–Crippen LogP) is 6.32. The highest BCUT2D eigenvalue weighted by Crippen LogP contribution is 2.33. The molecule has 5 aromatic rings. The van der Waals surface area contributed by atoms with Crippen LogP contribution in [0.5, 0.6) is 5.75 Å². The molecule has 0 N–H and O–H groups in total. The van der Waals surface area contributed by atoms with E-state index in [1.165, 1.54) is 23.9 Å². The van der Waals surface area contributed by atoms with Crippen LogP contribution in [0.25, 0.3) is 20.9 Å². The molecule has 0 radical (unpaired) electrons. The van der Waals surface area contributed by atoms with Crippen molar-refractivity contribution < 1.29 is 18.3 Å². The molecule has 6 nitrogen and oxygen atoms in total. The maximum Gasteiger partial charge on any atom is 0.387 e. The summed E-state index contributed by atoms with van der Waals surface area (Å²) < 4.78 is 34.3. The fourth-order valence-electron chi connectivity index (χ4n) is 4.05. The molecule has 0 saturated carbocycles. The molecule has 1 atom stereocenters. The van der Waals surface area contributed by atoms with E-state index < -0.39 is 6.61 Å². The first kappa shape index (κ1) is 22.5. The number of Topliss-reactive ketones (excluding diaryl/α,β-unsaturated/α-hetero) is 1. The molecular weight excluding hydrogens is 478 g/mol. The Morgan fingerprint density at radius 1 is 1.09 bits per heavy atom. The summed E-state index contributed by atoms with van der Waals surface area (Å²) >= 11 is 2.94. The van der Waals surface area contributed by atoms with E-state index in [-0.39, 0.29) is 16.8 Å². The fourth-order valence-corrected chi connectivity index (χ4v) is 6.00. The van der Waals surface area contributed by atoms with Crippen molar-refractivity contribution in [3.8, 4) is 11.4 Å². The van der Waals surface area contributed by atoms with Gasteiger partial charge in [-0.2, -0.15) is 8.78 Å². The van der Waals surface area contributed by atoms with Crippen molar-refractivity contribution >= 4 is 44.1 Å². The Morgan fingerprint density at radius 3 is 2.56 bits per heavy atom. The van der Waals surface area contributed by atoms with Crippen LogP contribution in [0.3, 0.4) is 0 Å². The summed E-state index contributed by atoms with van der Waals surface area (Å²) in [5, 5.41) is 8.88. The second-order valence-electron chi connectivity index (χ2n) is 7.79. The van der Waals surface area contributed by atoms with Gasteiger partial charge in [0.15, 0.2) is 10.9 Å². The van der Waals surface area contributed by atoms with Crippen LogP contribution in [-0.4, -0.2) is 36.8 Å². The zero-order valence-electron chi connectivity index (χ0n) is 18.5. The van der Waals surface area contributed by atoms with Crippen LogP contribution in [0, 0.1) is 13.8 Å². The Bertz CT molecular complexity index is 1510. The Hall–Kier alpha value is -3.24. The van der Waals surface area contributed by atoms with Gasteiger partial charge in [0.1, 0.15) is 5.75 Å². The van der Waals surface area contributed by atoms with Gasteiger partial charge in [-0.25, -0.2) is 0 Å². The lowest BCUT2D eigenvalue weighted by molar-refractivity contribution is -0.0498. The minimum atomic E-state index is -2.87. The second-order valence-corrected chi connectivity index (χ2v) is 10.1. The normalized spacial score (nSPS) is 12.6. The molecule has 174 valence electrons. The summed E-state index contributed by atoms with van der Waals surface area (Å²) in [6.45, 7) is 2.78. The van der Waals surface area contributed by atoms with Crippen LogP contribution < -0.4 is 4.74 Å². The van der Waals surface area contributed by atoms with Crippen LogP contribution in [0.4, 0.5) is 8.78 Å². The van der Waals surface area contributed by atoms with Gasteiger partial charge < -0.3 is 9.30 Å². The topological polar surface area (TPSA) is 61.4 Å². The molecular formula is C24H20F2N4O2S2. The number of carbonyl (C=O) groups is 1. The van der Waals surface area contributed by atoms with Crippen molar-refractivity contribution in [2.75, 3.05) is 0 Å². The van der Waals surface area contributed by atoms with Crippen LogP contribution in [-0.2, 0) is 0 Å². The number of rotatable bonds is 7. The molecule has 0 saturated heterocycles. The summed E-state index contributed by atoms with van der Waals surface area (Å²) in [5.41, 5.74) is 4.05. The summed E-state index contributed by atoms with van der Waals surface area (Å²) in [6.07, 6.45) is 0. The van der Waals surface area contributed by atoms with E-state index in [2.05, 4.69) is 14.9 Å². The highest BCUT2D eigenvalue weighted by atomic mass is 32.2. The van der Waals surface area contributed by atoms with Crippen LogP contribution >= 0.6 is 23.1 Å². The number of ketones is 1.